The molecule has 0 aliphatic carbocycles. The molecule has 1 aromatic rings. The second-order valence-electron chi connectivity index (χ2n) is 6.70. The van der Waals surface area contributed by atoms with Gasteiger partial charge in [0.1, 0.15) is 5.75 Å². The number of ether oxygens (including phenoxy) is 3. The molecule has 2 N–H and O–H groups in total. The number of morpholine rings is 1. The number of benzene rings is 1. The lowest BCUT2D eigenvalue weighted by Crippen LogP contribution is -2.47. The van der Waals surface area contributed by atoms with E-state index in [0.29, 0.717) is 19.0 Å². The quantitative estimate of drug-likeness (QED) is 0.388. The summed E-state index contributed by atoms with van der Waals surface area (Å²) in [7, 11) is 4.78. The van der Waals surface area contributed by atoms with Crippen LogP contribution in [0, 0.1) is 5.92 Å². The van der Waals surface area contributed by atoms with Crippen molar-refractivity contribution >= 4 is 11.9 Å². The predicted molar refractivity (Wildman–Crippen MR) is 109 cm³/mol. The number of rotatable bonds is 8. The van der Waals surface area contributed by atoms with Gasteiger partial charge in [0, 0.05) is 33.2 Å². The Balaban J connectivity index is 2.01. The topological polar surface area (TPSA) is 84.4 Å². The van der Waals surface area contributed by atoms with E-state index in [1.54, 1.807) is 14.2 Å². The smallest absolute Gasteiger partial charge is 0.310 e. The van der Waals surface area contributed by atoms with E-state index >= 15 is 0 Å². The molecule has 0 saturated carbocycles. The van der Waals surface area contributed by atoms with Gasteiger partial charge in [-0.15, -0.1) is 0 Å². The maximum absolute atomic E-state index is 11.6. The summed E-state index contributed by atoms with van der Waals surface area (Å²) in [5, 5.41) is 6.57. The fourth-order valence-electron chi connectivity index (χ4n) is 3.12. The summed E-state index contributed by atoms with van der Waals surface area (Å²) in [4.78, 5) is 18.2. The van der Waals surface area contributed by atoms with Crippen molar-refractivity contribution in [3.05, 3.63) is 29.8 Å². The molecule has 1 aromatic carbocycles. The van der Waals surface area contributed by atoms with Crippen LogP contribution in [0.25, 0.3) is 0 Å². The van der Waals surface area contributed by atoms with Crippen molar-refractivity contribution in [2.24, 2.45) is 10.9 Å². The van der Waals surface area contributed by atoms with E-state index in [1.165, 1.54) is 12.7 Å². The first-order valence-corrected chi connectivity index (χ1v) is 9.57. The van der Waals surface area contributed by atoms with E-state index in [1.807, 2.05) is 19.1 Å². The first kappa shape index (κ1) is 22.0. The lowest BCUT2D eigenvalue weighted by Gasteiger charge is -2.35. The summed E-state index contributed by atoms with van der Waals surface area (Å²) in [5.74, 6) is 1.00. The van der Waals surface area contributed by atoms with Crippen molar-refractivity contribution in [3.8, 4) is 5.75 Å². The Bertz CT molecular complexity index is 630. The van der Waals surface area contributed by atoms with Crippen LogP contribution in [0.1, 0.15) is 18.5 Å². The molecule has 0 spiro atoms. The molecule has 2 unspecified atom stereocenters. The highest BCUT2D eigenvalue weighted by Gasteiger charge is 2.23. The predicted octanol–water partition coefficient (Wildman–Crippen LogP) is 1.04. The molecular weight excluding hydrogens is 360 g/mol. The largest absolute Gasteiger partial charge is 0.497 e. The van der Waals surface area contributed by atoms with Gasteiger partial charge in [-0.1, -0.05) is 19.1 Å². The zero-order valence-electron chi connectivity index (χ0n) is 17.2. The molecule has 1 aliphatic heterocycles. The van der Waals surface area contributed by atoms with Gasteiger partial charge in [-0.3, -0.25) is 14.7 Å². The second-order valence-corrected chi connectivity index (χ2v) is 6.70. The first-order chi connectivity index (χ1) is 13.6. The van der Waals surface area contributed by atoms with Crippen LogP contribution >= 0.6 is 0 Å². The summed E-state index contributed by atoms with van der Waals surface area (Å²) in [6, 6.07) is 8.32. The van der Waals surface area contributed by atoms with E-state index in [9.17, 15) is 4.79 Å². The first-order valence-electron chi connectivity index (χ1n) is 9.57. The summed E-state index contributed by atoms with van der Waals surface area (Å²) >= 11 is 0. The van der Waals surface area contributed by atoms with Crippen molar-refractivity contribution in [2.45, 2.75) is 13.0 Å². The zero-order valence-corrected chi connectivity index (χ0v) is 17.2. The summed E-state index contributed by atoms with van der Waals surface area (Å²) < 4.78 is 15.5. The number of hydrogen-bond donors (Lipinski definition) is 2. The van der Waals surface area contributed by atoms with Gasteiger partial charge in [-0.05, 0) is 17.7 Å². The molecule has 0 bridgehead atoms. The summed E-state index contributed by atoms with van der Waals surface area (Å²) in [5.41, 5.74) is 1.20. The third kappa shape index (κ3) is 6.38. The van der Waals surface area contributed by atoms with Gasteiger partial charge in [0.05, 0.1) is 39.4 Å². The maximum atomic E-state index is 11.6. The number of aliphatic imine (C=N–C) groups is 1. The summed E-state index contributed by atoms with van der Waals surface area (Å²) in [6.07, 6.45) is 0. The van der Waals surface area contributed by atoms with Crippen LogP contribution in [0.15, 0.2) is 29.3 Å². The van der Waals surface area contributed by atoms with Crippen molar-refractivity contribution in [1.82, 2.24) is 15.5 Å². The van der Waals surface area contributed by atoms with E-state index in [4.69, 9.17) is 14.2 Å². The Morgan fingerprint density at radius 3 is 2.39 bits per heavy atom. The lowest BCUT2D eigenvalue weighted by molar-refractivity contribution is -0.144. The fourth-order valence-corrected chi connectivity index (χ4v) is 3.12. The molecule has 8 heteroatoms. The van der Waals surface area contributed by atoms with Gasteiger partial charge >= 0.3 is 5.97 Å². The Morgan fingerprint density at radius 2 is 1.82 bits per heavy atom. The highest BCUT2D eigenvalue weighted by atomic mass is 16.5. The van der Waals surface area contributed by atoms with Gasteiger partial charge < -0.3 is 24.8 Å². The minimum Gasteiger partial charge on any atom is -0.497 e. The maximum Gasteiger partial charge on any atom is 0.310 e. The SMILES string of the molecule is CN=C(NCC(C)C(=O)OC)NCC(c1ccc(OC)cc1)N1CCOCC1. The molecule has 2 rings (SSSR count). The summed E-state index contributed by atoms with van der Waals surface area (Å²) in [6.45, 7) is 6.18. The van der Waals surface area contributed by atoms with Gasteiger partial charge in [-0.25, -0.2) is 0 Å². The lowest BCUT2D eigenvalue weighted by atomic mass is 10.0. The number of nitrogens with zero attached hydrogens (tertiary/aromatic N) is 2. The Kier molecular flexibility index (Phi) is 9.03. The van der Waals surface area contributed by atoms with E-state index in [0.717, 1.165) is 32.1 Å². The van der Waals surface area contributed by atoms with Crippen LogP contribution in [-0.2, 0) is 14.3 Å². The van der Waals surface area contributed by atoms with Gasteiger partial charge in [0.15, 0.2) is 5.96 Å². The highest BCUT2D eigenvalue weighted by molar-refractivity contribution is 5.80. The molecular formula is C20H32N4O4. The van der Waals surface area contributed by atoms with Crippen LogP contribution in [0.2, 0.25) is 0 Å². The molecule has 1 heterocycles. The Hall–Kier alpha value is -2.32. The van der Waals surface area contributed by atoms with Crippen molar-refractivity contribution in [2.75, 3.05) is 60.7 Å². The number of guanidine groups is 1. The molecule has 8 nitrogen and oxygen atoms in total. The van der Waals surface area contributed by atoms with Crippen LogP contribution in [-0.4, -0.2) is 77.5 Å². The number of carbonyl (C=O) groups is 1. The monoisotopic (exact) mass is 392 g/mol. The molecule has 0 radical (unpaired) electrons. The van der Waals surface area contributed by atoms with Crippen molar-refractivity contribution < 1.29 is 19.0 Å². The number of nitrogens with one attached hydrogen (secondary N) is 2. The number of esters is 1. The molecule has 2 atom stereocenters. The Labute approximate surface area is 167 Å². The third-order valence-electron chi connectivity index (χ3n) is 4.85. The number of carbonyl (C=O) groups excluding carboxylic acids is 1. The second kappa shape index (κ2) is 11.5. The van der Waals surface area contributed by atoms with Gasteiger partial charge in [0.25, 0.3) is 0 Å². The standard InChI is InChI=1S/C20H32N4O4/c1-15(19(25)27-4)13-22-20(21-2)23-14-18(24-9-11-28-12-10-24)16-5-7-17(26-3)8-6-16/h5-8,15,18H,9-14H2,1-4H3,(H2,21,22,23). The van der Waals surface area contributed by atoms with Crippen LogP contribution < -0.4 is 15.4 Å². The van der Waals surface area contributed by atoms with E-state index < -0.39 is 0 Å². The van der Waals surface area contributed by atoms with Crippen LogP contribution in [0.4, 0.5) is 0 Å². The molecule has 0 aromatic heterocycles. The zero-order chi connectivity index (χ0) is 20.4. The van der Waals surface area contributed by atoms with Crippen LogP contribution in [0.3, 0.4) is 0 Å². The fraction of sp³-hybridized carbons (Fsp3) is 0.600. The molecule has 1 aliphatic rings. The van der Waals surface area contributed by atoms with Gasteiger partial charge in [-0.2, -0.15) is 0 Å². The van der Waals surface area contributed by atoms with Crippen molar-refractivity contribution in [3.63, 3.8) is 0 Å². The molecule has 156 valence electrons. The van der Waals surface area contributed by atoms with E-state index in [2.05, 4.69) is 32.7 Å². The number of hydrogen-bond acceptors (Lipinski definition) is 6. The minimum absolute atomic E-state index is 0.173. The average molecular weight is 393 g/mol. The Morgan fingerprint density at radius 1 is 1.18 bits per heavy atom. The van der Waals surface area contributed by atoms with E-state index in [-0.39, 0.29) is 17.9 Å². The normalized spacial score (nSPS) is 17.5. The molecule has 0 amide bonds. The van der Waals surface area contributed by atoms with Crippen LogP contribution in [0.5, 0.6) is 5.75 Å². The molecule has 1 fully saturated rings. The third-order valence-corrected chi connectivity index (χ3v) is 4.85. The molecule has 28 heavy (non-hydrogen) atoms. The average Bonchev–Trinajstić information content (AvgIpc) is 2.76. The molecule has 1 saturated heterocycles. The van der Waals surface area contributed by atoms with Crippen molar-refractivity contribution in [1.29, 1.82) is 0 Å². The highest BCUT2D eigenvalue weighted by Crippen LogP contribution is 2.23. The van der Waals surface area contributed by atoms with Gasteiger partial charge in [0.2, 0.25) is 0 Å². The minimum atomic E-state index is -0.250. The number of methoxy groups -OCH3 is 2.